The number of halogens is 1. The molecule has 4 nitrogen and oxygen atoms in total. The van der Waals surface area contributed by atoms with Gasteiger partial charge in [-0.3, -0.25) is 0 Å². The molecule has 1 aromatic carbocycles. The molecule has 0 fully saturated rings. The van der Waals surface area contributed by atoms with E-state index < -0.39 is 15.8 Å². The average Bonchev–Trinajstić information content (AvgIpc) is 2.28. The number of hydrogen-bond acceptors (Lipinski definition) is 4. The smallest absolute Gasteiger partial charge is 0.338 e. The zero-order valence-electron chi connectivity index (χ0n) is 10.3. The van der Waals surface area contributed by atoms with E-state index >= 15 is 0 Å². The maximum atomic E-state index is 11.6. The molecule has 6 heteroatoms. The van der Waals surface area contributed by atoms with Gasteiger partial charge in [0.05, 0.1) is 22.1 Å². The predicted molar refractivity (Wildman–Crippen MR) is 69.8 cm³/mol. The number of benzene rings is 1. The van der Waals surface area contributed by atoms with Crippen LogP contribution >= 0.6 is 11.6 Å². The summed E-state index contributed by atoms with van der Waals surface area (Å²) < 4.78 is 27.9. The number of esters is 1. The molecule has 0 radical (unpaired) electrons. The second-order valence-corrected chi connectivity index (χ2v) is 6.30. The SMILES string of the molecule is CCCCOC(=O)c1ccc(Cl)c(S(C)(=O)=O)c1. The molecule has 100 valence electrons. The molecule has 0 saturated carbocycles. The Morgan fingerprint density at radius 2 is 2.06 bits per heavy atom. The van der Waals surface area contributed by atoms with Gasteiger partial charge < -0.3 is 4.74 Å². The number of carbonyl (C=O) groups excluding carboxylic acids is 1. The first kappa shape index (κ1) is 15.0. The van der Waals surface area contributed by atoms with Crippen molar-refractivity contribution in [2.45, 2.75) is 24.7 Å². The molecule has 0 aliphatic rings. The molecule has 0 amide bonds. The van der Waals surface area contributed by atoms with Crippen molar-refractivity contribution in [3.05, 3.63) is 28.8 Å². The second kappa shape index (κ2) is 6.20. The molecule has 0 atom stereocenters. The van der Waals surface area contributed by atoms with Gasteiger partial charge in [-0.05, 0) is 24.6 Å². The minimum absolute atomic E-state index is 0.0610. The highest BCUT2D eigenvalue weighted by Gasteiger charge is 2.16. The van der Waals surface area contributed by atoms with E-state index in [2.05, 4.69) is 0 Å². The van der Waals surface area contributed by atoms with Crippen LogP contribution in [0.4, 0.5) is 0 Å². The number of unbranched alkanes of at least 4 members (excludes halogenated alkanes) is 1. The number of ether oxygens (including phenoxy) is 1. The Morgan fingerprint density at radius 1 is 1.39 bits per heavy atom. The van der Waals surface area contributed by atoms with Crippen LogP contribution in [0.5, 0.6) is 0 Å². The monoisotopic (exact) mass is 290 g/mol. The molecule has 0 aromatic heterocycles. The first-order valence-electron chi connectivity index (χ1n) is 5.53. The van der Waals surface area contributed by atoms with Gasteiger partial charge in [-0.15, -0.1) is 0 Å². The van der Waals surface area contributed by atoms with Crippen LogP contribution in [-0.2, 0) is 14.6 Å². The summed E-state index contributed by atoms with van der Waals surface area (Å²) in [4.78, 5) is 11.6. The zero-order chi connectivity index (χ0) is 13.8. The lowest BCUT2D eigenvalue weighted by Crippen LogP contribution is -2.08. The van der Waals surface area contributed by atoms with Crippen LogP contribution in [0.25, 0.3) is 0 Å². The van der Waals surface area contributed by atoms with E-state index in [9.17, 15) is 13.2 Å². The molecule has 0 heterocycles. The summed E-state index contributed by atoms with van der Waals surface area (Å²) >= 11 is 5.78. The van der Waals surface area contributed by atoms with Gasteiger partial charge in [-0.2, -0.15) is 0 Å². The number of hydrogen-bond donors (Lipinski definition) is 0. The van der Waals surface area contributed by atoms with E-state index in [0.29, 0.717) is 6.61 Å². The Labute approximate surface area is 112 Å². The highest BCUT2D eigenvalue weighted by Crippen LogP contribution is 2.22. The van der Waals surface area contributed by atoms with Crippen molar-refractivity contribution >= 4 is 27.4 Å². The summed E-state index contributed by atoms with van der Waals surface area (Å²) in [6, 6.07) is 4.07. The molecular formula is C12H15ClO4S. The van der Waals surface area contributed by atoms with Crippen molar-refractivity contribution in [3.63, 3.8) is 0 Å². The summed E-state index contributed by atoms with van der Waals surface area (Å²) in [5, 5.41) is 0.0996. The maximum Gasteiger partial charge on any atom is 0.338 e. The molecule has 0 saturated heterocycles. The van der Waals surface area contributed by atoms with Gasteiger partial charge in [0.2, 0.25) is 0 Å². The van der Waals surface area contributed by atoms with Crippen LogP contribution in [-0.4, -0.2) is 27.2 Å². The van der Waals surface area contributed by atoms with Gasteiger partial charge in [0.25, 0.3) is 0 Å². The molecule has 0 spiro atoms. The molecule has 0 aliphatic heterocycles. The Kier molecular flexibility index (Phi) is 5.16. The second-order valence-electron chi connectivity index (χ2n) is 3.91. The van der Waals surface area contributed by atoms with Gasteiger partial charge in [-0.1, -0.05) is 24.9 Å². The lowest BCUT2D eigenvalue weighted by Gasteiger charge is -2.06. The lowest BCUT2D eigenvalue weighted by molar-refractivity contribution is 0.0499. The molecule has 0 aliphatic carbocycles. The third kappa shape index (κ3) is 3.99. The van der Waals surface area contributed by atoms with Crippen molar-refractivity contribution in [2.75, 3.05) is 12.9 Å². The molecule has 1 rings (SSSR count). The van der Waals surface area contributed by atoms with E-state index in [1.807, 2.05) is 6.92 Å². The van der Waals surface area contributed by atoms with E-state index in [0.717, 1.165) is 19.1 Å². The largest absolute Gasteiger partial charge is 0.462 e. The molecule has 18 heavy (non-hydrogen) atoms. The standard InChI is InChI=1S/C12H15ClO4S/c1-3-4-7-17-12(14)9-5-6-10(13)11(8-9)18(2,15)16/h5-6,8H,3-4,7H2,1-2H3. The normalized spacial score (nSPS) is 11.3. The average molecular weight is 291 g/mol. The van der Waals surface area contributed by atoms with Crippen molar-refractivity contribution in [1.82, 2.24) is 0 Å². The molecule has 0 unspecified atom stereocenters. The topological polar surface area (TPSA) is 60.4 Å². The summed E-state index contributed by atoms with van der Waals surface area (Å²) in [5.74, 6) is -0.537. The first-order chi connectivity index (χ1) is 8.36. The van der Waals surface area contributed by atoms with E-state index in [1.54, 1.807) is 0 Å². The first-order valence-corrected chi connectivity index (χ1v) is 7.80. The van der Waals surface area contributed by atoms with Gasteiger partial charge in [-0.25, -0.2) is 13.2 Å². The minimum Gasteiger partial charge on any atom is -0.462 e. The van der Waals surface area contributed by atoms with Crippen molar-refractivity contribution < 1.29 is 17.9 Å². The fourth-order valence-corrected chi connectivity index (χ4v) is 2.61. The Hall–Kier alpha value is -1.07. The number of sulfone groups is 1. The van der Waals surface area contributed by atoms with Crippen LogP contribution in [0.1, 0.15) is 30.1 Å². The van der Waals surface area contributed by atoms with Crippen molar-refractivity contribution in [1.29, 1.82) is 0 Å². The molecular weight excluding hydrogens is 276 g/mol. The lowest BCUT2D eigenvalue weighted by atomic mass is 10.2. The molecule has 1 aromatic rings. The van der Waals surface area contributed by atoms with E-state index in [-0.39, 0.29) is 15.5 Å². The van der Waals surface area contributed by atoms with Gasteiger partial charge in [0.1, 0.15) is 0 Å². The maximum absolute atomic E-state index is 11.6. The summed E-state index contributed by atoms with van der Waals surface area (Å²) in [6.07, 6.45) is 2.74. The van der Waals surface area contributed by atoms with E-state index in [4.69, 9.17) is 16.3 Å². The molecule has 0 bridgehead atoms. The van der Waals surface area contributed by atoms with Crippen LogP contribution in [0.15, 0.2) is 23.1 Å². The Balaban J connectivity index is 2.95. The van der Waals surface area contributed by atoms with Crippen LogP contribution in [0.3, 0.4) is 0 Å². The summed E-state index contributed by atoms with van der Waals surface area (Å²) in [7, 11) is -3.45. The van der Waals surface area contributed by atoms with Crippen LogP contribution in [0, 0.1) is 0 Å². The third-order valence-electron chi connectivity index (χ3n) is 2.30. The van der Waals surface area contributed by atoms with Crippen LogP contribution in [0.2, 0.25) is 5.02 Å². The Morgan fingerprint density at radius 3 is 2.61 bits per heavy atom. The number of rotatable bonds is 5. The van der Waals surface area contributed by atoms with Crippen molar-refractivity contribution in [2.24, 2.45) is 0 Å². The predicted octanol–water partition coefficient (Wildman–Crippen LogP) is 2.70. The third-order valence-corrected chi connectivity index (χ3v) is 3.88. The summed E-state index contributed by atoms with van der Waals surface area (Å²) in [6.45, 7) is 2.31. The van der Waals surface area contributed by atoms with Gasteiger partial charge >= 0.3 is 5.97 Å². The minimum atomic E-state index is -3.45. The van der Waals surface area contributed by atoms with E-state index in [1.165, 1.54) is 18.2 Å². The Bertz CT molecular complexity index is 537. The zero-order valence-corrected chi connectivity index (χ0v) is 11.8. The number of carbonyl (C=O) groups is 1. The fourth-order valence-electron chi connectivity index (χ4n) is 1.31. The van der Waals surface area contributed by atoms with Gasteiger partial charge in [0, 0.05) is 6.26 Å². The van der Waals surface area contributed by atoms with Gasteiger partial charge in [0.15, 0.2) is 9.84 Å². The summed E-state index contributed by atoms with van der Waals surface area (Å²) in [5.41, 5.74) is 0.191. The quantitative estimate of drug-likeness (QED) is 0.618. The highest BCUT2D eigenvalue weighted by molar-refractivity contribution is 7.90. The van der Waals surface area contributed by atoms with Crippen molar-refractivity contribution in [3.8, 4) is 0 Å². The highest BCUT2D eigenvalue weighted by atomic mass is 35.5. The molecule has 0 N–H and O–H groups in total. The van der Waals surface area contributed by atoms with Crippen LogP contribution < -0.4 is 0 Å². The fraction of sp³-hybridized carbons (Fsp3) is 0.417.